The molecule has 8 heteroatoms. The fraction of sp³-hybridized carbons (Fsp3) is 0.462. The lowest BCUT2D eigenvalue weighted by atomic mass is 10.1. The Bertz CT molecular complexity index is 551. The van der Waals surface area contributed by atoms with E-state index < -0.39 is 24.5 Å². The number of alkyl halides is 3. The van der Waals surface area contributed by atoms with Crippen molar-refractivity contribution in [1.82, 2.24) is 5.01 Å². The first-order chi connectivity index (χ1) is 9.75. The molecule has 2 rings (SSSR count). The van der Waals surface area contributed by atoms with E-state index >= 15 is 0 Å². The maximum absolute atomic E-state index is 13.0. The van der Waals surface area contributed by atoms with Crippen molar-refractivity contribution in [3.8, 4) is 0 Å². The van der Waals surface area contributed by atoms with Gasteiger partial charge in [-0.1, -0.05) is 30.1 Å². The molecule has 1 saturated heterocycles. The molecule has 1 aliphatic heterocycles. The van der Waals surface area contributed by atoms with Crippen LogP contribution in [0.4, 0.5) is 18.9 Å². The number of carbonyl (C=O) groups excluding carboxylic acids is 1. The van der Waals surface area contributed by atoms with Crippen molar-refractivity contribution < 1.29 is 18.0 Å². The molecular formula is C13H13Cl2F3N2O. The highest BCUT2D eigenvalue weighted by Crippen LogP contribution is 2.39. The summed E-state index contributed by atoms with van der Waals surface area (Å²) in [6.07, 6.45) is -3.96. The Hall–Kier alpha value is -0.980. The predicted octanol–water partition coefficient (Wildman–Crippen LogP) is 4.15. The average molecular weight is 341 g/mol. The van der Waals surface area contributed by atoms with E-state index in [-0.39, 0.29) is 10.7 Å². The topological polar surface area (TPSA) is 23.6 Å². The van der Waals surface area contributed by atoms with Gasteiger partial charge in [0.15, 0.2) is 0 Å². The highest BCUT2D eigenvalue weighted by molar-refractivity contribution is 6.36. The van der Waals surface area contributed by atoms with Gasteiger partial charge in [-0.05, 0) is 24.6 Å². The third-order valence-corrected chi connectivity index (χ3v) is 3.74. The fourth-order valence-electron chi connectivity index (χ4n) is 2.27. The zero-order valence-corrected chi connectivity index (χ0v) is 12.6. The van der Waals surface area contributed by atoms with E-state index in [0.717, 1.165) is 5.01 Å². The number of carbonyl (C=O) groups is 1. The molecule has 116 valence electrons. The van der Waals surface area contributed by atoms with Crippen LogP contribution < -0.4 is 5.01 Å². The molecular weight excluding hydrogens is 328 g/mol. The number of benzene rings is 1. The number of hydrogen-bond donors (Lipinski definition) is 0. The second-order valence-electron chi connectivity index (χ2n) is 4.75. The number of anilines is 1. The minimum Gasteiger partial charge on any atom is -0.272 e. The van der Waals surface area contributed by atoms with Crippen molar-refractivity contribution in [2.45, 2.75) is 19.5 Å². The van der Waals surface area contributed by atoms with Gasteiger partial charge in [-0.25, -0.2) is 10.0 Å². The standard InChI is InChI=1S/C13H13Cl2F3N2O/c1-2-5-19-7-9(13(16,17)18)12(21)20(19)11-4-3-8(14)6-10(11)15/h3-4,6,9H,2,5,7H2,1H3. The third kappa shape index (κ3) is 3.27. The minimum atomic E-state index is -4.57. The third-order valence-electron chi connectivity index (χ3n) is 3.20. The second-order valence-corrected chi connectivity index (χ2v) is 5.60. The zero-order chi connectivity index (χ0) is 15.8. The van der Waals surface area contributed by atoms with Crippen molar-refractivity contribution >= 4 is 34.8 Å². The fourth-order valence-corrected chi connectivity index (χ4v) is 2.76. The molecule has 1 amide bonds. The van der Waals surface area contributed by atoms with Crippen LogP contribution in [-0.4, -0.2) is 30.2 Å². The molecule has 1 unspecified atom stereocenters. The zero-order valence-electron chi connectivity index (χ0n) is 11.1. The largest absolute Gasteiger partial charge is 0.401 e. The lowest BCUT2D eigenvalue weighted by Crippen LogP contribution is -2.40. The van der Waals surface area contributed by atoms with Gasteiger partial charge in [0.25, 0.3) is 5.91 Å². The van der Waals surface area contributed by atoms with Gasteiger partial charge in [-0.3, -0.25) is 4.79 Å². The number of nitrogens with zero attached hydrogens (tertiary/aromatic N) is 2. The Labute approximate surface area is 130 Å². The van der Waals surface area contributed by atoms with Crippen molar-refractivity contribution in [3.05, 3.63) is 28.2 Å². The minimum absolute atomic E-state index is 0.139. The predicted molar refractivity (Wildman–Crippen MR) is 75.4 cm³/mol. The van der Waals surface area contributed by atoms with Crippen molar-refractivity contribution in [2.24, 2.45) is 5.92 Å². The number of halogens is 5. The Balaban J connectivity index is 2.41. The molecule has 0 aliphatic carbocycles. The maximum atomic E-state index is 13.0. The molecule has 3 nitrogen and oxygen atoms in total. The van der Waals surface area contributed by atoms with Crippen LogP contribution in [0.15, 0.2) is 18.2 Å². The summed E-state index contributed by atoms with van der Waals surface area (Å²) in [7, 11) is 0. The molecule has 21 heavy (non-hydrogen) atoms. The van der Waals surface area contributed by atoms with Gasteiger partial charge in [0.1, 0.15) is 5.92 Å². The molecule has 0 radical (unpaired) electrons. The molecule has 1 atom stereocenters. The summed E-state index contributed by atoms with van der Waals surface area (Å²) in [5, 5.41) is 2.88. The van der Waals surface area contributed by atoms with Crippen LogP contribution in [0.25, 0.3) is 0 Å². The van der Waals surface area contributed by atoms with Crippen molar-refractivity contribution in [2.75, 3.05) is 18.1 Å². The van der Waals surface area contributed by atoms with Crippen LogP contribution >= 0.6 is 23.2 Å². The van der Waals surface area contributed by atoms with Gasteiger partial charge >= 0.3 is 6.18 Å². The normalized spacial score (nSPS) is 20.4. The molecule has 1 aromatic carbocycles. The van der Waals surface area contributed by atoms with Crippen LogP contribution in [-0.2, 0) is 4.79 Å². The van der Waals surface area contributed by atoms with Gasteiger partial charge in [0.05, 0.1) is 10.7 Å². The lowest BCUT2D eigenvalue weighted by molar-refractivity contribution is -0.175. The molecule has 1 fully saturated rings. The first kappa shape index (κ1) is 16.4. The number of hydrazine groups is 1. The summed E-state index contributed by atoms with van der Waals surface area (Å²) >= 11 is 11.8. The van der Waals surface area contributed by atoms with Crippen LogP contribution in [0.3, 0.4) is 0 Å². The Morgan fingerprint density at radius 2 is 2.00 bits per heavy atom. The molecule has 1 aromatic rings. The Morgan fingerprint density at radius 3 is 2.52 bits per heavy atom. The Kier molecular flexibility index (Phi) is 4.70. The van der Waals surface area contributed by atoms with Gasteiger partial charge < -0.3 is 0 Å². The van der Waals surface area contributed by atoms with Crippen LogP contribution in [0.5, 0.6) is 0 Å². The van der Waals surface area contributed by atoms with Gasteiger partial charge in [0, 0.05) is 18.1 Å². The molecule has 1 heterocycles. The quantitative estimate of drug-likeness (QED) is 0.825. The lowest BCUT2D eigenvalue weighted by Gasteiger charge is -2.28. The van der Waals surface area contributed by atoms with E-state index in [1.165, 1.54) is 23.2 Å². The van der Waals surface area contributed by atoms with Crippen LogP contribution in [0.2, 0.25) is 10.0 Å². The summed E-state index contributed by atoms with van der Waals surface area (Å²) < 4.78 is 38.9. The van der Waals surface area contributed by atoms with Crippen LogP contribution in [0.1, 0.15) is 13.3 Å². The summed E-state index contributed by atoms with van der Waals surface area (Å²) in [5.74, 6) is -3.05. The smallest absolute Gasteiger partial charge is 0.272 e. The first-order valence-electron chi connectivity index (χ1n) is 6.36. The first-order valence-corrected chi connectivity index (χ1v) is 7.12. The van der Waals surface area contributed by atoms with E-state index in [2.05, 4.69) is 0 Å². The second kappa shape index (κ2) is 6.02. The maximum Gasteiger partial charge on any atom is 0.401 e. The summed E-state index contributed by atoms with van der Waals surface area (Å²) in [6, 6.07) is 4.34. The number of rotatable bonds is 3. The highest BCUT2D eigenvalue weighted by Gasteiger charge is 2.53. The summed E-state index contributed by atoms with van der Waals surface area (Å²) in [5.41, 5.74) is 0.214. The SMILES string of the molecule is CCCN1CC(C(F)(F)F)C(=O)N1c1ccc(Cl)cc1Cl. The van der Waals surface area contributed by atoms with Crippen LogP contribution in [0, 0.1) is 5.92 Å². The molecule has 0 saturated carbocycles. The molecule has 0 N–H and O–H groups in total. The number of amides is 1. The van der Waals surface area contributed by atoms with Crippen molar-refractivity contribution in [3.63, 3.8) is 0 Å². The average Bonchev–Trinajstić information content (AvgIpc) is 2.67. The Morgan fingerprint density at radius 1 is 1.33 bits per heavy atom. The number of hydrogen-bond acceptors (Lipinski definition) is 2. The van der Waals surface area contributed by atoms with E-state index in [4.69, 9.17) is 23.2 Å². The van der Waals surface area contributed by atoms with E-state index in [9.17, 15) is 18.0 Å². The van der Waals surface area contributed by atoms with E-state index in [1.807, 2.05) is 6.92 Å². The van der Waals surface area contributed by atoms with Crippen molar-refractivity contribution in [1.29, 1.82) is 0 Å². The van der Waals surface area contributed by atoms with Gasteiger partial charge in [-0.2, -0.15) is 13.2 Å². The molecule has 0 bridgehead atoms. The van der Waals surface area contributed by atoms with E-state index in [1.54, 1.807) is 0 Å². The van der Waals surface area contributed by atoms with Gasteiger partial charge in [-0.15, -0.1) is 0 Å². The molecule has 0 spiro atoms. The molecule has 1 aliphatic rings. The monoisotopic (exact) mass is 340 g/mol. The highest BCUT2D eigenvalue weighted by atomic mass is 35.5. The summed E-state index contributed by atoms with van der Waals surface area (Å²) in [6.45, 7) is 1.76. The van der Waals surface area contributed by atoms with Gasteiger partial charge in [0.2, 0.25) is 0 Å². The van der Waals surface area contributed by atoms with E-state index in [0.29, 0.717) is 18.0 Å². The summed E-state index contributed by atoms with van der Waals surface area (Å²) in [4.78, 5) is 12.1. The molecule has 0 aromatic heterocycles.